The lowest BCUT2D eigenvalue weighted by atomic mass is 10.2. The van der Waals surface area contributed by atoms with E-state index in [1.807, 2.05) is 36.4 Å². The second-order valence-corrected chi connectivity index (χ2v) is 5.67. The monoisotopic (exact) mass is 314 g/mol. The van der Waals surface area contributed by atoms with Crippen molar-refractivity contribution in [3.8, 4) is 11.4 Å². The van der Waals surface area contributed by atoms with Gasteiger partial charge in [-0.05, 0) is 48.5 Å². The van der Waals surface area contributed by atoms with E-state index >= 15 is 0 Å². The molecule has 0 aliphatic rings. The highest BCUT2D eigenvalue weighted by Gasteiger charge is 2.09. The van der Waals surface area contributed by atoms with Crippen LogP contribution in [0.4, 0.5) is 4.39 Å². The molecule has 0 saturated heterocycles. The fraction of sp³-hybridized carbons (Fsp3) is 0. The van der Waals surface area contributed by atoms with Gasteiger partial charge in [-0.25, -0.2) is 19.3 Å². The number of halogens is 1. The number of nitrogens with one attached hydrogen (secondary N) is 1. The highest BCUT2D eigenvalue weighted by Crippen LogP contribution is 2.25. The molecule has 5 rings (SSSR count). The molecule has 2 aromatic heterocycles. The minimum atomic E-state index is -0.272. The molecule has 5 heteroatoms. The maximum absolute atomic E-state index is 13.1. The van der Waals surface area contributed by atoms with Crippen molar-refractivity contribution in [1.29, 1.82) is 0 Å². The first kappa shape index (κ1) is 13.1. The van der Waals surface area contributed by atoms with Gasteiger partial charge < -0.3 is 4.98 Å². The van der Waals surface area contributed by atoms with E-state index in [9.17, 15) is 4.39 Å². The van der Waals surface area contributed by atoms with Crippen LogP contribution >= 0.6 is 0 Å². The van der Waals surface area contributed by atoms with Gasteiger partial charge in [-0.3, -0.25) is 0 Å². The summed E-state index contributed by atoms with van der Waals surface area (Å²) in [5.41, 5.74) is 5.98. The fourth-order valence-electron chi connectivity index (χ4n) is 2.87. The van der Waals surface area contributed by atoms with E-state index in [1.165, 1.54) is 12.1 Å². The molecule has 0 atom stereocenters. The molecule has 1 N–H and O–H groups in total. The number of rotatable bonds is 1. The van der Waals surface area contributed by atoms with Crippen molar-refractivity contribution >= 4 is 33.1 Å². The largest absolute Gasteiger partial charge is 0.352 e. The van der Waals surface area contributed by atoms with E-state index in [4.69, 9.17) is 0 Å². The Morgan fingerprint density at radius 1 is 0.667 bits per heavy atom. The van der Waals surface area contributed by atoms with Crippen LogP contribution in [0, 0.1) is 5.82 Å². The number of benzene rings is 3. The molecule has 0 fully saturated rings. The van der Waals surface area contributed by atoms with Crippen LogP contribution in [0.3, 0.4) is 0 Å². The van der Waals surface area contributed by atoms with Crippen molar-refractivity contribution in [1.82, 2.24) is 19.9 Å². The maximum atomic E-state index is 13.1. The average Bonchev–Trinajstić information content (AvgIpc) is 3.01. The number of imidazole rings is 1. The normalized spacial score (nSPS) is 11.5. The van der Waals surface area contributed by atoms with Gasteiger partial charge in [-0.15, -0.1) is 0 Å². The van der Waals surface area contributed by atoms with Gasteiger partial charge in [0.1, 0.15) is 5.82 Å². The molecule has 0 bridgehead atoms. The maximum Gasteiger partial charge on any atom is 0.160 e. The van der Waals surface area contributed by atoms with Gasteiger partial charge in [0, 0.05) is 5.56 Å². The standard InChI is InChI=1S/C19H11FN4/c20-12-7-5-11(6-8-12)19-23-17-9-15-16(10-18(17)24-19)22-14-4-2-1-3-13(14)21-15/h1-10,21H. The number of fused-ring (bicyclic) bond motifs is 3. The van der Waals surface area contributed by atoms with Crippen LogP contribution < -0.4 is 0 Å². The van der Waals surface area contributed by atoms with Crippen LogP contribution in [-0.2, 0) is 0 Å². The quantitative estimate of drug-likeness (QED) is 0.465. The number of aromatic nitrogens is 4. The molecule has 5 aromatic rings. The summed E-state index contributed by atoms with van der Waals surface area (Å²) in [5.74, 6) is 0.316. The zero-order valence-corrected chi connectivity index (χ0v) is 12.5. The van der Waals surface area contributed by atoms with E-state index < -0.39 is 0 Å². The van der Waals surface area contributed by atoms with E-state index in [1.54, 1.807) is 12.1 Å². The van der Waals surface area contributed by atoms with Crippen LogP contribution in [0.2, 0.25) is 0 Å². The molecule has 3 aromatic carbocycles. The van der Waals surface area contributed by atoms with E-state index in [-0.39, 0.29) is 5.82 Å². The Bertz CT molecular complexity index is 1140. The Balaban J connectivity index is 1.74. The van der Waals surface area contributed by atoms with Crippen LogP contribution in [-0.4, -0.2) is 19.9 Å². The van der Waals surface area contributed by atoms with Crippen LogP contribution in [0.15, 0.2) is 60.7 Å². The average molecular weight is 314 g/mol. The molecular formula is C19H11FN4. The predicted molar refractivity (Wildman–Crippen MR) is 92.1 cm³/mol. The predicted octanol–water partition coefficient (Wildman–Crippen LogP) is 4.47. The molecule has 4 nitrogen and oxygen atoms in total. The van der Waals surface area contributed by atoms with E-state index in [0.29, 0.717) is 5.82 Å². The molecule has 0 spiro atoms. The number of para-hydroxylation sites is 2. The Morgan fingerprint density at radius 2 is 1.42 bits per heavy atom. The summed E-state index contributed by atoms with van der Waals surface area (Å²) in [6, 6.07) is 18.0. The summed E-state index contributed by atoms with van der Waals surface area (Å²) in [6.45, 7) is 0. The Labute approximate surface area is 136 Å². The van der Waals surface area contributed by atoms with Gasteiger partial charge in [-0.1, -0.05) is 12.1 Å². The first-order valence-corrected chi connectivity index (χ1v) is 7.58. The van der Waals surface area contributed by atoms with Crippen molar-refractivity contribution in [2.45, 2.75) is 0 Å². The van der Waals surface area contributed by atoms with Crippen molar-refractivity contribution < 1.29 is 4.39 Å². The summed E-state index contributed by atoms with van der Waals surface area (Å²) >= 11 is 0. The lowest BCUT2D eigenvalue weighted by molar-refractivity contribution is 0.628. The van der Waals surface area contributed by atoms with E-state index in [0.717, 1.165) is 38.7 Å². The first-order valence-electron chi connectivity index (χ1n) is 7.58. The van der Waals surface area contributed by atoms with Crippen molar-refractivity contribution in [2.75, 3.05) is 0 Å². The molecule has 0 saturated carbocycles. The zero-order chi connectivity index (χ0) is 16.1. The lowest BCUT2D eigenvalue weighted by Crippen LogP contribution is -1.87. The number of aromatic amines is 1. The van der Waals surface area contributed by atoms with E-state index in [2.05, 4.69) is 19.9 Å². The highest BCUT2D eigenvalue weighted by molar-refractivity contribution is 5.95. The number of H-pyrrole nitrogens is 1. The summed E-state index contributed by atoms with van der Waals surface area (Å²) in [6.07, 6.45) is 0. The summed E-state index contributed by atoms with van der Waals surface area (Å²) in [4.78, 5) is 17.2. The van der Waals surface area contributed by atoms with Gasteiger partial charge in [0.25, 0.3) is 0 Å². The molecule has 0 radical (unpaired) electrons. The van der Waals surface area contributed by atoms with Crippen LogP contribution in [0.1, 0.15) is 0 Å². The third-order valence-corrected chi connectivity index (χ3v) is 4.06. The smallest absolute Gasteiger partial charge is 0.160 e. The third kappa shape index (κ3) is 2.02. The minimum Gasteiger partial charge on any atom is -0.352 e. The van der Waals surface area contributed by atoms with Gasteiger partial charge in [0.05, 0.1) is 33.1 Å². The van der Waals surface area contributed by atoms with Crippen molar-refractivity contribution in [3.05, 3.63) is 66.5 Å². The Hall–Kier alpha value is -3.34. The summed E-state index contributed by atoms with van der Waals surface area (Å²) < 4.78 is 13.1. The summed E-state index contributed by atoms with van der Waals surface area (Å²) in [7, 11) is 0. The SMILES string of the molecule is Fc1ccc(-c2nc3cc4nc5ccccc5[nH]c4cc3n2)cc1. The Morgan fingerprint density at radius 3 is 2.25 bits per heavy atom. The zero-order valence-electron chi connectivity index (χ0n) is 12.5. The second-order valence-electron chi connectivity index (χ2n) is 5.67. The first-order chi connectivity index (χ1) is 11.8. The second kappa shape index (κ2) is 4.83. The van der Waals surface area contributed by atoms with Gasteiger partial charge >= 0.3 is 0 Å². The Kier molecular flexibility index (Phi) is 2.64. The summed E-state index contributed by atoms with van der Waals surface area (Å²) in [5, 5.41) is 0. The molecule has 0 aliphatic heterocycles. The highest BCUT2D eigenvalue weighted by atomic mass is 19.1. The number of nitrogens with zero attached hydrogens (tertiary/aromatic N) is 3. The molecule has 2 heterocycles. The number of hydrogen-bond donors (Lipinski definition) is 1. The molecule has 0 amide bonds. The van der Waals surface area contributed by atoms with Crippen molar-refractivity contribution in [2.24, 2.45) is 0 Å². The number of hydrogen-bond acceptors (Lipinski definition) is 3. The van der Waals surface area contributed by atoms with Gasteiger partial charge in [0.15, 0.2) is 5.82 Å². The molecule has 24 heavy (non-hydrogen) atoms. The minimum absolute atomic E-state index is 0.272. The lowest BCUT2D eigenvalue weighted by Gasteiger charge is -2.01. The van der Waals surface area contributed by atoms with Gasteiger partial charge in [0.2, 0.25) is 0 Å². The molecule has 114 valence electrons. The topological polar surface area (TPSA) is 54.5 Å². The molecule has 0 unspecified atom stereocenters. The van der Waals surface area contributed by atoms with Gasteiger partial charge in [-0.2, -0.15) is 0 Å². The van der Waals surface area contributed by atoms with Crippen molar-refractivity contribution in [3.63, 3.8) is 0 Å². The molecule has 0 aliphatic carbocycles. The third-order valence-electron chi connectivity index (χ3n) is 4.06. The molecular weight excluding hydrogens is 303 g/mol. The van der Waals surface area contributed by atoms with Crippen LogP contribution in [0.25, 0.3) is 44.5 Å². The van der Waals surface area contributed by atoms with Crippen LogP contribution in [0.5, 0.6) is 0 Å². The fourth-order valence-corrected chi connectivity index (χ4v) is 2.87.